The first-order valence-corrected chi connectivity index (χ1v) is 8.52. The van der Waals surface area contributed by atoms with Gasteiger partial charge in [-0.25, -0.2) is 8.42 Å². The van der Waals surface area contributed by atoms with Crippen LogP contribution in [0.5, 0.6) is 5.75 Å². The Morgan fingerprint density at radius 1 is 1.25 bits per heavy atom. The number of hydrogen-bond donors (Lipinski definition) is 1. The van der Waals surface area contributed by atoms with E-state index in [1.807, 2.05) is 19.1 Å². The molecule has 0 saturated carbocycles. The molecule has 1 aromatic rings. The Hall–Kier alpha value is -1.07. The summed E-state index contributed by atoms with van der Waals surface area (Å²) < 4.78 is 30.7. The molecule has 5 heteroatoms. The number of rotatable bonds is 3. The lowest BCUT2D eigenvalue weighted by Gasteiger charge is -2.37. The minimum Gasteiger partial charge on any atom is -0.495 e. The van der Waals surface area contributed by atoms with E-state index in [0.717, 1.165) is 5.56 Å². The summed E-state index contributed by atoms with van der Waals surface area (Å²) in [7, 11) is -1.83. The lowest BCUT2D eigenvalue weighted by atomic mass is 9.90. The van der Waals surface area contributed by atoms with Crippen molar-refractivity contribution in [2.75, 3.05) is 7.11 Å². The maximum atomic E-state index is 12.7. The van der Waals surface area contributed by atoms with Crippen LogP contribution in [-0.2, 0) is 9.84 Å². The monoisotopic (exact) mass is 297 g/mol. The highest BCUT2D eigenvalue weighted by atomic mass is 32.2. The summed E-state index contributed by atoms with van der Waals surface area (Å²) in [5.41, 5.74) is 0.823. The maximum Gasteiger partial charge on any atom is 0.185 e. The molecule has 0 amide bonds. The number of fused-ring (bicyclic) bond motifs is 1. The van der Waals surface area contributed by atoms with E-state index in [0.29, 0.717) is 10.6 Å². The number of nitrogens with one attached hydrogen (secondary N) is 1. The smallest absolute Gasteiger partial charge is 0.185 e. The quantitative estimate of drug-likeness (QED) is 0.931. The van der Waals surface area contributed by atoms with Crippen LogP contribution in [0.2, 0.25) is 0 Å². The molecule has 0 aliphatic carbocycles. The molecule has 112 valence electrons. The van der Waals surface area contributed by atoms with Gasteiger partial charge in [0, 0.05) is 12.1 Å². The van der Waals surface area contributed by atoms with Crippen molar-refractivity contribution >= 4 is 9.84 Å². The molecule has 0 radical (unpaired) electrons. The molecule has 1 aliphatic rings. The number of benzene rings is 1. The van der Waals surface area contributed by atoms with Crippen LogP contribution in [0.15, 0.2) is 23.1 Å². The van der Waals surface area contributed by atoms with Crippen LogP contribution in [0.4, 0.5) is 0 Å². The van der Waals surface area contributed by atoms with Crippen molar-refractivity contribution < 1.29 is 13.2 Å². The summed E-state index contributed by atoms with van der Waals surface area (Å²) in [6.07, 6.45) is 0. The predicted octanol–water partition coefficient (Wildman–Crippen LogP) is 2.55. The van der Waals surface area contributed by atoms with Crippen molar-refractivity contribution in [3.63, 3.8) is 0 Å². The second-order valence-electron chi connectivity index (χ2n) is 5.79. The van der Waals surface area contributed by atoms with Gasteiger partial charge in [0.2, 0.25) is 0 Å². The summed E-state index contributed by atoms with van der Waals surface area (Å²) in [6.45, 7) is 7.91. The predicted molar refractivity (Wildman–Crippen MR) is 79.8 cm³/mol. The zero-order valence-electron chi connectivity index (χ0n) is 12.7. The standard InChI is InChI=1S/C15H23NO3S/c1-9(2)16-14-10(3)11(4)20(17,18)15-12(14)7-6-8-13(15)19-5/h6-11,14,16H,1-5H3. The van der Waals surface area contributed by atoms with Gasteiger partial charge in [0.05, 0.1) is 12.4 Å². The van der Waals surface area contributed by atoms with Gasteiger partial charge in [-0.2, -0.15) is 0 Å². The molecule has 2 rings (SSSR count). The number of ether oxygens (including phenoxy) is 1. The highest BCUT2D eigenvalue weighted by Crippen LogP contribution is 2.44. The number of hydrogen-bond acceptors (Lipinski definition) is 4. The Kier molecular flexibility index (Phi) is 4.12. The lowest BCUT2D eigenvalue weighted by molar-refractivity contribution is 0.328. The average molecular weight is 297 g/mol. The van der Waals surface area contributed by atoms with Crippen molar-refractivity contribution in [1.29, 1.82) is 0 Å². The number of methoxy groups -OCH3 is 1. The van der Waals surface area contributed by atoms with Crippen molar-refractivity contribution in [2.45, 2.75) is 49.9 Å². The topological polar surface area (TPSA) is 55.4 Å². The molecular weight excluding hydrogens is 274 g/mol. The second kappa shape index (κ2) is 5.37. The Labute approximate surface area is 121 Å². The highest BCUT2D eigenvalue weighted by Gasteiger charge is 2.43. The first kappa shape index (κ1) is 15.3. The molecule has 0 spiro atoms. The third kappa shape index (κ3) is 2.33. The summed E-state index contributed by atoms with van der Waals surface area (Å²) in [4.78, 5) is 0.353. The average Bonchev–Trinajstić information content (AvgIpc) is 2.40. The van der Waals surface area contributed by atoms with Gasteiger partial charge in [-0.15, -0.1) is 0 Å². The van der Waals surface area contributed by atoms with Crippen molar-refractivity contribution in [1.82, 2.24) is 5.32 Å². The molecule has 3 unspecified atom stereocenters. The Morgan fingerprint density at radius 2 is 1.90 bits per heavy atom. The summed E-state index contributed by atoms with van der Waals surface area (Å²) in [5.74, 6) is 0.457. The van der Waals surface area contributed by atoms with Crippen molar-refractivity contribution in [2.24, 2.45) is 5.92 Å². The molecule has 1 N–H and O–H groups in total. The van der Waals surface area contributed by atoms with Crippen LogP contribution >= 0.6 is 0 Å². The Morgan fingerprint density at radius 3 is 2.45 bits per heavy atom. The molecule has 4 nitrogen and oxygen atoms in total. The molecule has 3 atom stereocenters. The van der Waals surface area contributed by atoms with Gasteiger partial charge < -0.3 is 10.1 Å². The molecule has 0 saturated heterocycles. The summed E-state index contributed by atoms with van der Waals surface area (Å²) in [5, 5.41) is 3.06. The van der Waals surface area contributed by atoms with Crippen LogP contribution in [-0.4, -0.2) is 26.8 Å². The van der Waals surface area contributed by atoms with E-state index >= 15 is 0 Å². The van der Waals surface area contributed by atoms with Gasteiger partial charge in [0.1, 0.15) is 10.6 Å². The highest BCUT2D eigenvalue weighted by molar-refractivity contribution is 7.92. The van der Waals surface area contributed by atoms with Gasteiger partial charge in [-0.05, 0) is 24.5 Å². The molecule has 1 aromatic carbocycles. The number of sulfone groups is 1. The zero-order valence-corrected chi connectivity index (χ0v) is 13.5. The van der Waals surface area contributed by atoms with E-state index in [2.05, 4.69) is 19.2 Å². The molecule has 0 fully saturated rings. The van der Waals surface area contributed by atoms with Gasteiger partial charge in [0.15, 0.2) is 9.84 Å². The van der Waals surface area contributed by atoms with E-state index in [1.54, 1.807) is 13.0 Å². The summed E-state index contributed by atoms with van der Waals surface area (Å²) >= 11 is 0. The van der Waals surface area contributed by atoms with Crippen LogP contribution in [0.1, 0.15) is 39.3 Å². The Bertz CT molecular complexity index is 595. The lowest BCUT2D eigenvalue weighted by Crippen LogP contribution is -2.43. The van der Waals surface area contributed by atoms with Crippen LogP contribution in [0, 0.1) is 5.92 Å². The SMILES string of the molecule is COc1cccc2c1S(=O)(=O)C(C)C(C)C2NC(C)C. The first-order chi connectivity index (χ1) is 9.30. The molecule has 1 aliphatic heterocycles. The van der Waals surface area contributed by atoms with Crippen LogP contribution in [0.25, 0.3) is 0 Å². The molecule has 0 bridgehead atoms. The second-order valence-corrected chi connectivity index (χ2v) is 8.03. The van der Waals surface area contributed by atoms with Gasteiger partial charge >= 0.3 is 0 Å². The minimum absolute atomic E-state index is 0.0157. The van der Waals surface area contributed by atoms with Gasteiger partial charge in [-0.3, -0.25) is 0 Å². The normalized spacial score (nSPS) is 28.2. The summed E-state index contributed by atoms with van der Waals surface area (Å²) in [6, 6.07) is 5.77. The van der Waals surface area contributed by atoms with E-state index in [4.69, 9.17) is 4.74 Å². The fraction of sp³-hybridized carbons (Fsp3) is 0.600. The first-order valence-electron chi connectivity index (χ1n) is 6.97. The van der Waals surface area contributed by atoms with E-state index in [-0.39, 0.29) is 18.0 Å². The molecule has 0 aromatic heterocycles. The third-order valence-corrected chi connectivity index (χ3v) is 6.53. The molecule has 1 heterocycles. The van der Waals surface area contributed by atoms with E-state index < -0.39 is 15.1 Å². The van der Waals surface area contributed by atoms with E-state index in [1.165, 1.54) is 7.11 Å². The Balaban J connectivity index is 2.68. The van der Waals surface area contributed by atoms with E-state index in [9.17, 15) is 8.42 Å². The van der Waals surface area contributed by atoms with Crippen molar-refractivity contribution in [3.8, 4) is 5.75 Å². The van der Waals surface area contributed by atoms with Crippen LogP contribution in [0.3, 0.4) is 0 Å². The van der Waals surface area contributed by atoms with Gasteiger partial charge in [0.25, 0.3) is 0 Å². The van der Waals surface area contributed by atoms with Crippen molar-refractivity contribution in [3.05, 3.63) is 23.8 Å². The molecule has 20 heavy (non-hydrogen) atoms. The fourth-order valence-electron chi connectivity index (χ4n) is 2.87. The van der Waals surface area contributed by atoms with Gasteiger partial charge in [-0.1, -0.05) is 32.9 Å². The zero-order chi connectivity index (χ0) is 15.1. The minimum atomic E-state index is -3.35. The maximum absolute atomic E-state index is 12.7. The largest absolute Gasteiger partial charge is 0.495 e. The fourth-order valence-corrected chi connectivity index (χ4v) is 4.92. The molecular formula is C15H23NO3S. The third-order valence-electron chi connectivity index (χ3n) is 4.12. The van der Waals surface area contributed by atoms with Crippen LogP contribution < -0.4 is 10.1 Å².